The van der Waals surface area contributed by atoms with Crippen LogP contribution in [0, 0.1) is 0 Å². The van der Waals surface area contributed by atoms with Gasteiger partial charge in [0.1, 0.15) is 11.5 Å². The molecule has 0 saturated heterocycles. The molecule has 1 aromatic heterocycles. The summed E-state index contributed by atoms with van der Waals surface area (Å²) in [5.74, 6) is 0.307. The number of sulfonamides is 1. The van der Waals surface area contributed by atoms with Crippen LogP contribution in [0.3, 0.4) is 0 Å². The summed E-state index contributed by atoms with van der Waals surface area (Å²) in [6, 6.07) is 21.8. The molecule has 4 rings (SSSR count). The third-order valence-corrected chi connectivity index (χ3v) is 6.45. The van der Waals surface area contributed by atoms with Crippen molar-refractivity contribution >= 4 is 27.3 Å². The van der Waals surface area contributed by atoms with E-state index in [-0.39, 0.29) is 10.6 Å². The van der Waals surface area contributed by atoms with Gasteiger partial charge >= 0.3 is 0 Å². The molecule has 1 heterocycles. The van der Waals surface area contributed by atoms with E-state index in [4.69, 9.17) is 9.47 Å². The van der Waals surface area contributed by atoms with E-state index in [0.29, 0.717) is 22.7 Å². The van der Waals surface area contributed by atoms with Crippen LogP contribution in [-0.2, 0) is 10.0 Å². The number of para-hydroxylation sites is 2. The number of nitrogens with one attached hydrogen (secondary N) is 2. The molecule has 0 saturated carbocycles. The van der Waals surface area contributed by atoms with Crippen molar-refractivity contribution in [3.05, 3.63) is 96.8 Å². The number of ether oxygens (including phenoxy) is 2. The van der Waals surface area contributed by atoms with Crippen LogP contribution in [0.5, 0.6) is 11.5 Å². The summed E-state index contributed by atoms with van der Waals surface area (Å²) in [5, 5.41) is 2.76. The predicted molar refractivity (Wildman–Crippen MR) is 131 cm³/mol. The summed E-state index contributed by atoms with van der Waals surface area (Å²) in [4.78, 5) is 12.9. The molecule has 1 amide bonds. The Bertz CT molecular complexity index is 1420. The highest BCUT2D eigenvalue weighted by Gasteiger charge is 2.20. The first-order valence-electron chi connectivity index (χ1n) is 10.3. The van der Waals surface area contributed by atoms with Crippen molar-refractivity contribution in [1.29, 1.82) is 0 Å². The fourth-order valence-corrected chi connectivity index (χ4v) is 4.49. The van der Waals surface area contributed by atoms with Gasteiger partial charge in [-0.3, -0.25) is 9.52 Å². The molecule has 0 radical (unpaired) electrons. The highest BCUT2D eigenvalue weighted by atomic mass is 32.2. The number of anilines is 2. The van der Waals surface area contributed by atoms with Crippen molar-refractivity contribution < 1.29 is 22.7 Å². The molecule has 0 aliphatic heterocycles. The largest absolute Gasteiger partial charge is 0.495 e. The van der Waals surface area contributed by atoms with Gasteiger partial charge in [-0.1, -0.05) is 18.2 Å². The Balaban J connectivity index is 1.62. The molecule has 3 aromatic carbocycles. The number of methoxy groups -OCH3 is 2. The van der Waals surface area contributed by atoms with Crippen molar-refractivity contribution in [2.24, 2.45) is 0 Å². The maximum Gasteiger partial charge on any atom is 0.262 e. The summed E-state index contributed by atoms with van der Waals surface area (Å²) in [6.45, 7) is 0. The molecule has 0 spiro atoms. The van der Waals surface area contributed by atoms with E-state index < -0.39 is 15.9 Å². The maximum atomic E-state index is 13.0. The zero-order chi connectivity index (χ0) is 24.1. The Kier molecular flexibility index (Phi) is 6.55. The number of nitrogens with zero attached hydrogens (tertiary/aromatic N) is 1. The SMILES string of the molecule is COc1ccc(S(=O)(=O)Nc2ccccc2OC)cc1NC(=O)c1cccc(-n2cccc2)c1. The third kappa shape index (κ3) is 4.89. The first kappa shape index (κ1) is 22.9. The Hall–Kier alpha value is -4.24. The molecular weight excluding hydrogens is 454 g/mol. The Morgan fingerprint density at radius 1 is 0.794 bits per heavy atom. The van der Waals surface area contributed by atoms with Gasteiger partial charge < -0.3 is 19.4 Å². The van der Waals surface area contributed by atoms with Crippen LogP contribution in [-0.4, -0.2) is 33.1 Å². The number of hydrogen-bond donors (Lipinski definition) is 2. The maximum absolute atomic E-state index is 13.0. The zero-order valence-electron chi connectivity index (χ0n) is 18.6. The van der Waals surface area contributed by atoms with Crippen molar-refractivity contribution in [3.63, 3.8) is 0 Å². The second-order valence-electron chi connectivity index (χ2n) is 7.26. The lowest BCUT2D eigenvalue weighted by Crippen LogP contribution is -2.16. The summed E-state index contributed by atoms with van der Waals surface area (Å²) in [7, 11) is -1.07. The summed E-state index contributed by atoms with van der Waals surface area (Å²) >= 11 is 0. The lowest BCUT2D eigenvalue weighted by molar-refractivity contribution is 0.102. The van der Waals surface area contributed by atoms with Crippen LogP contribution in [0.4, 0.5) is 11.4 Å². The molecule has 9 heteroatoms. The average molecular weight is 478 g/mol. The van der Waals surface area contributed by atoms with E-state index >= 15 is 0 Å². The minimum absolute atomic E-state index is 0.0457. The van der Waals surface area contributed by atoms with E-state index in [9.17, 15) is 13.2 Å². The normalized spacial score (nSPS) is 11.0. The summed E-state index contributed by atoms with van der Waals surface area (Å²) in [5.41, 5.74) is 1.76. The standard InChI is InChI=1S/C25H23N3O5S/c1-32-23-11-4-3-10-21(23)27-34(30,31)20-12-13-24(33-2)22(17-20)26-25(29)18-8-7-9-19(16-18)28-14-5-6-15-28/h3-17,27H,1-2H3,(H,26,29). The summed E-state index contributed by atoms with van der Waals surface area (Å²) < 4.78 is 41.0. The minimum atomic E-state index is -3.97. The van der Waals surface area contributed by atoms with E-state index in [1.807, 2.05) is 35.2 Å². The van der Waals surface area contributed by atoms with Gasteiger partial charge in [-0.25, -0.2) is 8.42 Å². The average Bonchev–Trinajstić information content (AvgIpc) is 3.39. The fourth-order valence-electron chi connectivity index (χ4n) is 3.39. The molecule has 0 aliphatic carbocycles. The van der Waals surface area contributed by atoms with Crippen LogP contribution in [0.2, 0.25) is 0 Å². The molecule has 0 unspecified atom stereocenters. The molecule has 0 atom stereocenters. The van der Waals surface area contributed by atoms with Crippen molar-refractivity contribution in [3.8, 4) is 17.2 Å². The molecule has 0 bridgehead atoms. The van der Waals surface area contributed by atoms with Crippen molar-refractivity contribution in [2.75, 3.05) is 24.3 Å². The van der Waals surface area contributed by atoms with Gasteiger partial charge in [0.25, 0.3) is 15.9 Å². The molecule has 0 aliphatic rings. The topological polar surface area (TPSA) is 98.7 Å². The molecular formula is C25H23N3O5S. The fraction of sp³-hybridized carbons (Fsp3) is 0.0800. The van der Waals surface area contributed by atoms with Crippen LogP contribution >= 0.6 is 0 Å². The number of rotatable bonds is 8. The number of amides is 1. The smallest absolute Gasteiger partial charge is 0.262 e. The van der Waals surface area contributed by atoms with Crippen LogP contribution < -0.4 is 19.5 Å². The Labute approximate surface area is 197 Å². The molecule has 174 valence electrons. The Morgan fingerprint density at radius 2 is 1.50 bits per heavy atom. The van der Waals surface area contributed by atoms with Gasteiger partial charge in [0.2, 0.25) is 0 Å². The van der Waals surface area contributed by atoms with Gasteiger partial charge in [0, 0.05) is 23.6 Å². The zero-order valence-corrected chi connectivity index (χ0v) is 19.4. The second kappa shape index (κ2) is 9.72. The van der Waals surface area contributed by atoms with Crippen LogP contribution in [0.1, 0.15) is 10.4 Å². The van der Waals surface area contributed by atoms with E-state index in [1.54, 1.807) is 42.5 Å². The molecule has 34 heavy (non-hydrogen) atoms. The number of aromatic nitrogens is 1. The number of carbonyl (C=O) groups is 1. The number of benzene rings is 3. The van der Waals surface area contributed by atoms with E-state index in [0.717, 1.165) is 5.69 Å². The quantitative estimate of drug-likeness (QED) is 0.388. The summed E-state index contributed by atoms with van der Waals surface area (Å²) in [6.07, 6.45) is 3.76. The van der Waals surface area contributed by atoms with Gasteiger partial charge in [-0.05, 0) is 60.7 Å². The highest BCUT2D eigenvalue weighted by Crippen LogP contribution is 2.31. The van der Waals surface area contributed by atoms with Gasteiger partial charge in [-0.15, -0.1) is 0 Å². The first-order chi connectivity index (χ1) is 16.4. The molecule has 2 N–H and O–H groups in total. The second-order valence-corrected chi connectivity index (χ2v) is 8.95. The minimum Gasteiger partial charge on any atom is -0.495 e. The molecule has 0 fully saturated rings. The van der Waals surface area contributed by atoms with E-state index in [2.05, 4.69) is 10.0 Å². The third-order valence-electron chi connectivity index (χ3n) is 5.09. The monoisotopic (exact) mass is 477 g/mol. The first-order valence-corrected chi connectivity index (χ1v) is 11.8. The van der Waals surface area contributed by atoms with E-state index in [1.165, 1.54) is 32.4 Å². The highest BCUT2D eigenvalue weighted by molar-refractivity contribution is 7.92. The van der Waals surface area contributed by atoms with Crippen molar-refractivity contribution in [2.45, 2.75) is 4.90 Å². The predicted octanol–water partition coefficient (Wildman–Crippen LogP) is 4.55. The molecule has 8 nitrogen and oxygen atoms in total. The molecule has 4 aromatic rings. The lowest BCUT2D eigenvalue weighted by atomic mass is 10.1. The van der Waals surface area contributed by atoms with Gasteiger partial charge in [0.05, 0.1) is 30.5 Å². The van der Waals surface area contributed by atoms with Crippen LogP contribution in [0.25, 0.3) is 5.69 Å². The number of carbonyl (C=O) groups excluding carboxylic acids is 1. The lowest BCUT2D eigenvalue weighted by Gasteiger charge is -2.15. The van der Waals surface area contributed by atoms with Crippen molar-refractivity contribution in [1.82, 2.24) is 4.57 Å². The van der Waals surface area contributed by atoms with Gasteiger partial charge in [-0.2, -0.15) is 0 Å². The van der Waals surface area contributed by atoms with Gasteiger partial charge in [0.15, 0.2) is 0 Å². The van der Waals surface area contributed by atoms with Crippen LogP contribution in [0.15, 0.2) is 96.2 Å². The number of hydrogen-bond acceptors (Lipinski definition) is 5. The Morgan fingerprint density at radius 3 is 2.24 bits per heavy atom.